The van der Waals surface area contributed by atoms with Crippen molar-refractivity contribution in [2.75, 3.05) is 19.8 Å². The molecule has 0 aliphatic rings. The van der Waals surface area contributed by atoms with Gasteiger partial charge in [-0.05, 0) is 20.8 Å². The van der Waals surface area contributed by atoms with Gasteiger partial charge in [-0.2, -0.15) is 0 Å². The Bertz CT molecular complexity index is 404. The Labute approximate surface area is 128 Å². The van der Waals surface area contributed by atoms with Gasteiger partial charge in [0.05, 0.1) is 44.5 Å². The van der Waals surface area contributed by atoms with E-state index in [0.29, 0.717) is 0 Å². The summed E-state index contributed by atoms with van der Waals surface area (Å²) in [5.74, 6) is -6.23. The molecular weight excluding hydrogens is 296 g/mol. The number of hydrogen-bond acceptors (Lipinski definition) is 7. The lowest BCUT2D eigenvalue weighted by molar-refractivity contribution is -0.166. The third kappa shape index (κ3) is 7.05. The average molecular weight is 318 g/mol. The number of rotatable bonds is 10. The lowest BCUT2D eigenvalue weighted by Gasteiger charge is -2.22. The standard InChI is InChI=1S/C14H22O8/c1-4-20-12(17)8-10(14(19)22-6-3)9(7-11(15)16)13(18)21-5-2/h9-10H,4-8H2,1-3H3,(H,15,16). The van der Waals surface area contributed by atoms with Crippen LogP contribution in [0.1, 0.15) is 33.6 Å². The van der Waals surface area contributed by atoms with Gasteiger partial charge in [0.25, 0.3) is 0 Å². The number of carbonyl (C=O) groups excluding carboxylic acids is 3. The zero-order valence-electron chi connectivity index (χ0n) is 13.0. The van der Waals surface area contributed by atoms with Crippen LogP contribution in [0.15, 0.2) is 0 Å². The first kappa shape index (κ1) is 19.9. The summed E-state index contributed by atoms with van der Waals surface area (Å²) in [4.78, 5) is 46.4. The summed E-state index contributed by atoms with van der Waals surface area (Å²) in [5, 5.41) is 8.92. The first-order valence-corrected chi connectivity index (χ1v) is 7.07. The number of ether oxygens (including phenoxy) is 3. The van der Waals surface area contributed by atoms with Crippen LogP contribution in [-0.2, 0) is 33.4 Å². The van der Waals surface area contributed by atoms with Crippen LogP contribution in [0.4, 0.5) is 0 Å². The van der Waals surface area contributed by atoms with Gasteiger partial charge < -0.3 is 19.3 Å². The van der Waals surface area contributed by atoms with E-state index in [1.54, 1.807) is 20.8 Å². The molecule has 22 heavy (non-hydrogen) atoms. The van der Waals surface area contributed by atoms with Gasteiger partial charge in [0, 0.05) is 0 Å². The van der Waals surface area contributed by atoms with Gasteiger partial charge in [-0.1, -0.05) is 0 Å². The number of hydrogen-bond donors (Lipinski definition) is 1. The Balaban J connectivity index is 5.31. The van der Waals surface area contributed by atoms with Gasteiger partial charge in [0.1, 0.15) is 0 Å². The summed E-state index contributed by atoms with van der Waals surface area (Å²) in [7, 11) is 0. The van der Waals surface area contributed by atoms with Crippen molar-refractivity contribution in [2.45, 2.75) is 33.6 Å². The SMILES string of the molecule is CCOC(=O)CC(C(=O)OCC)C(CC(=O)O)C(=O)OCC. The Kier molecular flexibility index (Phi) is 9.56. The summed E-state index contributed by atoms with van der Waals surface area (Å²) in [5.41, 5.74) is 0. The van der Waals surface area contributed by atoms with E-state index in [1.807, 2.05) is 0 Å². The summed E-state index contributed by atoms with van der Waals surface area (Å²) in [6, 6.07) is 0. The Hall–Kier alpha value is -2.12. The largest absolute Gasteiger partial charge is 0.481 e. The van der Waals surface area contributed by atoms with Crippen LogP contribution in [0.2, 0.25) is 0 Å². The molecule has 0 amide bonds. The molecule has 0 heterocycles. The molecule has 8 nitrogen and oxygen atoms in total. The van der Waals surface area contributed by atoms with Crippen LogP contribution in [0.5, 0.6) is 0 Å². The average Bonchev–Trinajstić information content (AvgIpc) is 2.43. The Morgan fingerprint density at radius 1 is 0.773 bits per heavy atom. The van der Waals surface area contributed by atoms with Crippen LogP contribution >= 0.6 is 0 Å². The van der Waals surface area contributed by atoms with Gasteiger partial charge in [-0.3, -0.25) is 19.2 Å². The first-order chi connectivity index (χ1) is 10.4. The lowest BCUT2D eigenvalue weighted by Crippen LogP contribution is -2.36. The number of carboxylic acids is 1. The van der Waals surface area contributed by atoms with Crippen molar-refractivity contribution in [3.63, 3.8) is 0 Å². The van der Waals surface area contributed by atoms with E-state index >= 15 is 0 Å². The second-order valence-electron chi connectivity index (χ2n) is 4.32. The van der Waals surface area contributed by atoms with Crippen LogP contribution in [0.25, 0.3) is 0 Å². The molecule has 0 aromatic heterocycles. The van der Waals surface area contributed by atoms with Crippen molar-refractivity contribution >= 4 is 23.9 Å². The highest BCUT2D eigenvalue weighted by Gasteiger charge is 2.39. The van der Waals surface area contributed by atoms with E-state index in [-0.39, 0.29) is 19.8 Å². The molecule has 2 atom stereocenters. The van der Waals surface area contributed by atoms with Gasteiger partial charge in [0.2, 0.25) is 0 Å². The van der Waals surface area contributed by atoms with E-state index in [2.05, 4.69) is 0 Å². The van der Waals surface area contributed by atoms with Crippen molar-refractivity contribution in [2.24, 2.45) is 11.8 Å². The summed E-state index contributed by atoms with van der Waals surface area (Å²) in [6.45, 7) is 4.90. The number of esters is 3. The molecule has 0 saturated carbocycles. The topological polar surface area (TPSA) is 116 Å². The summed E-state index contributed by atoms with van der Waals surface area (Å²) < 4.78 is 14.4. The Morgan fingerprint density at radius 3 is 1.55 bits per heavy atom. The molecule has 0 rings (SSSR count). The van der Waals surface area contributed by atoms with Crippen molar-refractivity contribution in [3.8, 4) is 0 Å². The smallest absolute Gasteiger partial charge is 0.310 e. The molecular formula is C14H22O8. The zero-order valence-corrected chi connectivity index (χ0v) is 13.0. The maximum Gasteiger partial charge on any atom is 0.310 e. The fraction of sp³-hybridized carbons (Fsp3) is 0.714. The van der Waals surface area contributed by atoms with E-state index in [9.17, 15) is 19.2 Å². The van der Waals surface area contributed by atoms with Gasteiger partial charge in [0.15, 0.2) is 0 Å². The molecule has 126 valence electrons. The van der Waals surface area contributed by atoms with Crippen molar-refractivity contribution in [3.05, 3.63) is 0 Å². The van der Waals surface area contributed by atoms with E-state index in [0.717, 1.165) is 0 Å². The van der Waals surface area contributed by atoms with Gasteiger partial charge in [-0.15, -0.1) is 0 Å². The normalized spacial score (nSPS) is 12.9. The number of carboxylic acid groups (broad SMARTS) is 1. The third-order valence-corrected chi connectivity index (χ3v) is 2.75. The molecule has 2 unspecified atom stereocenters. The second-order valence-corrected chi connectivity index (χ2v) is 4.32. The minimum absolute atomic E-state index is 0.0317. The monoisotopic (exact) mass is 318 g/mol. The molecule has 0 spiro atoms. The van der Waals surface area contributed by atoms with E-state index < -0.39 is 48.6 Å². The van der Waals surface area contributed by atoms with Gasteiger partial charge in [-0.25, -0.2) is 0 Å². The maximum atomic E-state index is 12.0. The molecule has 0 aromatic rings. The maximum absolute atomic E-state index is 12.0. The highest BCUT2D eigenvalue weighted by atomic mass is 16.5. The first-order valence-electron chi connectivity index (χ1n) is 7.07. The lowest BCUT2D eigenvalue weighted by atomic mass is 9.86. The Morgan fingerprint density at radius 2 is 1.18 bits per heavy atom. The predicted molar refractivity (Wildman–Crippen MR) is 73.7 cm³/mol. The number of aliphatic carboxylic acids is 1. The number of carbonyl (C=O) groups is 4. The predicted octanol–water partition coefficient (Wildman–Crippen LogP) is 0.773. The minimum atomic E-state index is -1.30. The molecule has 0 aliphatic carbocycles. The zero-order chi connectivity index (χ0) is 17.1. The van der Waals surface area contributed by atoms with Gasteiger partial charge >= 0.3 is 23.9 Å². The van der Waals surface area contributed by atoms with Crippen molar-refractivity contribution < 1.29 is 38.5 Å². The van der Waals surface area contributed by atoms with Crippen LogP contribution in [0, 0.1) is 11.8 Å². The van der Waals surface area contributed by atoms with Crippen LogP contribution in [0.3, 0.4) is 0 Å². The molecule has 0 saturated heterocycles. The fourth-order valence-electron chi connectivity index (χ4n) is 1.87. The summed E-state index contributed by atoms with van der Waals surface area (Å²) in [6.07, 6.45) is -1.08. The van der Waals surface area contributed by atoms with E-state index in [4.69, 9.17) is 19.3 Å². The highest BCUT2D eigenvalue weighted by molar-refractivity contribution is 5.88. The minimum Gasteiger partial charge on any atom is -0.481 e. The molecule has 1 N–H and O–H groups in total. The molecule has 0 fully saturated rings. The fourth-order valence-corrected chi connectivity index (χ4v) is 1.87. The second kappa shape index (κ2) is 10.6. The van der Waals surface area contributed by atoms with Crippen LogP contribution in [-0.4, -0.2) is 48.8 Å². The summed E-state index contributed by atoms with van der Waals surface area (Å²) >= 11 is 0. The molecule has 0 aliphatic heterocycles. The third-order valence-electron chi connectivity index (χ3n) is 2.75. The molecule has 0 bridgehead atoms. The van der Waals surface area contributed by atoms with Crippen molar-refractivity contribution in [1.29, 1.82) is 0 Å². The molecule has 8 heteroatoms. The van der Waals surface area contributed by atoms with Crippen LogP contribution < -0.4 is 0 Å². The molecule has 0 aromatic carbocycles. The molecule has 0 radical (unpaired) electrons. The van der Waals surface area contributed by atoms with Crippen molar-refractivity contribution in [1.82, 2.24) is 0 Å². The van der Waals surface area contributed by atoms with E-state index in [1.165, 1.54) is 0 Å². The quantitative estimate of drug-likeness (QED) is 0.464. The highest BCUT2D eigenvalue weighted by Crippen LogP contribution is 2.24.